The molecular formula is C16H19N3O2. The Balaban J connectivity index is 1.76. The molecule has 1 aromatic carbocycles. The minimum absolute atomic E-state index is 0.219. The second kappa shape index (κ2) is 5.99. The van der Waals surface area contributed by atoms with E-state index in [0.29, 0.717) is 19.7 Å². The average Bonchev–Trinajstić information content (AvgIpc) is 2.55. The predicted molar refractivity (Wildman–Crippen MR) is 82.6 cm³/mol. The largest absolute Gasteiger partial charge is 0.450 e. The van der Waals surface area contributed by atoms with Gasteiger partial charge in [0, 0.05) is 37.8 Å². The summed E-state index contributed by atoms with van der Waals surface area (Å²) >= 11 is 0. The standard InChI is InChI=1S/C16H19N3O2/c1-2-21-16(20)19-11-9-18(10-12-19)15-14-6-4-3-5-13(14)7-8-17-15/h3-8H,2,9-12H2,1H3. The molecular weight excluding hydrogens is 266 g/mol. The van der Waals surface area contributed by atoms with Crippen LogP contribution in [-0.4, -0.2) is 48.8 Å². The molecule has 2 aromatic rings. The first kappa shape index (κ1) is 13.7. The predicted octanol–water partition coefficient (Wildman–Crippen LogP) is 2.51. The van der Waals surface area contributed by atoms with Crippen molar-refractivity contribution in [1.82, 2.24) is 9.88 Å². The van der Waals surface area contributed by atoms with E-state index in [9.17, 15) is 4.79 Å². The maximum absolute atomic E-state index is 11.7. The maximum atomic E-state index is 11.7. The van der Waals surface area contributed by atoms with Gasteiger partial charge in [0.25, 0.3) is 0 Å². The number of pyridine rings is 1. The first-order valence-electron chi connectivity index (χ1n) is 7.30. The molecule has 2 heterocycles. The Kier molecular flexibility index (Phi) is 3.90. The Bertz CT molecular complexity index is 631. The number of ether oxygens (including phenoxy) is 1. The number of hydrogen-bond donors (Lipinski definition) is 0. The molecule has 1 fully saturated rings. The summed E-state index contributed by atoms with van der Waals surface area (Å²) < 4.78 is 5.05. The van der Waals surface area contributed by atoms with Crippen molar-refractivity contribution >= 4 is 22.7 Å². The average molecular weight is 285 g/mol. The SMILES string of the molecule is CCOC(=O)N1CCN(c2nccc3ccccc23)CC1. The van der Waals surface area contributed by atoms with Crippen molar-refractivity contribution in [2.24, 2.45) is 0 Å². The molecule has 0 saturated carbocycles. The summed E-state index contributed by atoms with van der Waals surface area (Å²) in [5.74, 6) is 0.997. The summed E-state index contributed by atoms with van der Waals surface area (Å²) in [6.07, 6.45) is 1.62. The Hall–Kier alpha value is -2.30. The Morgan fingerprint density at radius 2 is 1.95 bits per heavy atom. The fraction of sp³-hybridized carbons (Fsp3) is 0.375. The van der Waals surface area contributed by atoms with Crippen LogP contribution >= 0.6 is 0 Å². The van der Waals surface area contributed by atoms with Gasteiger partial charge >= 0.3 is 6.09 Å². The summed E-state index contributed by atoms with van der Waals surface area (Å²) in [5, 5.41) is 2.35. The Morgan fingerprint density at radius 3 is 2.71 bits per heavy atom. The number of carbonyl (C=O) groups excluding carboxylic acids is 1. The van der Waals surface area contributed by atoms with Gasteiger partial charge in [-0.25, -0.2) is 9.78 Å². The molecule has 1 aromatic heterocycles. The minimum atomic E-state index is -0.219. The molecule has 0 bridgehead atoms. The van der Waals surface area contributed by atoms with E-state index < -0.39 is 0 Å². The molecule has 21 heavy (non-hydrogen) atoms. The smallest absolute Gasteiger partial charge is 0.409 e. The molecule has 0 radical (unpaired) electrons. The second-order valence-corrected chi connectivity index (χ2v) is 5.03. The zero-order valence-corrected chi connectivity index (χ0v) is 12.2. The van der Waals surface area contributed by atoms with Gasteiger partial charge in [-0.15, -0.1) is 0 Å². The van der Waals surface area contributed by atoms with Crippen LogP contribution in [0.15, 0.2) is 36.5 Å². The lowest BCUT2D eigenvalue weighted by atomic mass is 10.1. The third-order valence-electron chi connectivity index (χ3n) is 3.76. The van der Waals surface area contributed by atoms with Crippen LogP contribution in [0.25, 0.3) is 10.8 Å². The number of anilines is 1. The number of aromatic nitrogens is 1. The quantitative estimate of drug-likeness (QED) is 0.850. The van der Waals surface area contributed by atoms with Crippen LogP contribution in [0.5, 0.6) is 0 Å². The molecule has 5 nitrogen and oxygen atoms in total. The number of hydrogen-bond acceptors (Lipinski definition) is 4. The summed E-state index contributed by atoms with van der Waals surface area (Å²) in [7, 11) is 0. The third kappa shape index (κ3) is 2.77. The molecule has 0 atom stereocenters. The van der Waals surface area contributed by atoms with Crippen LogP contribution < -0.4 is 4.90 Å². The molecule has 1 amide bonds. The first-order valence-corrected chi connectivity index (χ1v) is 7.30. The van der Waals surface area contributed by atoms with E-state index in [-0.39, 0.29) is 6.09 Å². The van der Waals surface area contributed by atoms with Gasteiger partial charge in [-0.05, 0) is 18.4 Å². The monoisotopic (exact) mass is 285 g/mol. The molecule has 1 aliphatic heterocycles. The molecule has 0 aliphatic carbocycles. The number of fused-ring (bicyclic) bond motifs is 1. The van der Waals surface area contributed by atoms with E-state index >= 15 is 0 Å². The van der Waals surface area contributed by atoms with Gasteiger partial charge in [-0.1, -0.05) is 24.3 Å². The number of rotatable bonds is 2. The van der Waals surface area contributed by atoms with E-state index in [1.165, 1.54) is 5.39 Å². The van der Waals surface area contributed by atoms with Crippen molar-refractivity contribution in [1.29, 1.82) is 0 Å². The molecule has 0 unspecified atom stereocenters. The molecule has 0 spiro atoms. The second-order valence-electron chi connectivity index (χ2n) is 5.03. The van der Waals surface area contributed by atoms with Crippen LogP contribution in [-0.2, 0) is 4.74 Å². The van der Waals surface area contributed by atoms with Gasteiger partial charge in [-0.2, -0.15) is 0 Å². The first-order chi connectivity index (χ1) is 10.3. The molecule has 1 aliphatic rings. The highest BCUT2D eigenvalue weighted by Crippen LogP contribution is 2.24. The summed E-state index contributed by atoms with van der Waals surface area (Å²) in [6.45, 7) is 5.14. The van der Waals surface area contributed by atoms with E-state index in [2.05, 4.69) is 22.0 Å². The van der Waals surface area contributed by atoms with Gasteiger partial charge in [-0.3, -0.25) is 0 Å². The molecule has 3 rings (SSSR count). The van der Waals surface area contributed by atoms with Crippen molar-refractivity contribution < 1.29 is 9.53 Å². The van der Waals surface area contributed by atoms with E-state index in [0.717, 1.165) is 24.3 Å². The molecule has 110 valence electrons. The van der Waals surface area contributed by atoms with Crippen molar-refractivity contribution in [3.05, 3.63) is 36.5 Å². The highest BCUT2D eigenvalue weighted by Gasteiger charge is 2.23. The highest BCUT2D eigenvalue weighted by molar-refractivity contribution is 5.92. The van der Waals surface area contributed by atoms with Crippen molar-refractivity contribution in [3.8, 4) is 0 Å². The lowest BCUT2D eigenvalue weighted by molar-refractivity contribution is 0.105. The zero-order valence-electron chi connectivity index (χ0n) is 12.2. The van der Waals surface area contributed by atoms with Gasteiger partial charge in [0.15, 0.2) is 0 Å². The molecule has 1 saturated heterocycles. The Labute approximate surface area is 124 Å². The fourth-order valence-corrected chi connectivity index (χ4v) is 2.67. The molecule has 0 N–H and O–H groups in total. The number of piperazine rings is 1. The number of carbonyl (C=O) groups is 1. The van der Waals surface area contributed by atoms with Crippen LogP contribution in [0, 0.1) is 0 Å². The Morgan fingerprint density at radius 1 is 1.19 bits per heavy atom. The lowest BCUT2D eigenvalue weighted by Gasteiger charge is -2.35. The summed E-state index contributed by atoms with van der Waals surface area (Å²) in [5.41, 5.74) is 0. The van der Waals surface area contributed by atoms with Gasteiger partial charge in [0.05, 0.1) is 6.61 Å². The van der Waals surface area contributed by atoms with Crippen molar-refractivity contribution in [2.45, 2.75) is 6.92 Å². The van der Waals surface area contributed by atoms with E-state index in [4.69, 9.17) is 4.74 Å². The minimum Gasteiger partial charge on any atom is -0.450 e. The van der Waals surface area contributed by atoms with Gasteiger partial charge < -0.3 is 14.5 Å². The number of nitrogens with zero attached hydrogens (tertiary/aromatic N) is 3. The van der Waals surface area contributed by atoms with Gasteiger partial charge in [0.1, 0.15) is 5.82 Å². The van der Waals surface area contributed by atoms with Crippen molar-refractivity contribution in [2.75, 3.05) is 37.7 Å². The maximum Gasteiger partial charge on any atom is 0.409 e. The van der Waals surface area contributed by atoms with Crippen LogP contribution in [0.1, 0.15) is 6.92 Å². The normalized spacial score (nSPS) is 15.3. The lowest BCUT2D eigenvalue weighted by Crippen LogP contribution is -2.49. The topological polar surface area (TPSA) is 45.7 Å². The number of benzene rings is 1. The fourth-order valence-electron chi connectivity index (χ4n) is 2.67. The highest BCUT2D eigenvalue weighted by atomic mass is 16.6. The zero-order chi connectivity index (χ0) is 14.7. The van der Waals surface area contributed by atoms with E-state index in [1.54, 1.807) is 4.90 Å². The van der Waals surface area contributed by atoms with Crippen molar-refractivity contribution in [3.63, 3.8) is 0 Å². The molecule has 5 heteroatoms. The van der Waals surface area contributed by atoms with Crippen LogP contribution in [0.4, 0.5) is 10.6 Å². The van der Waals surface area contributed by atoms with Gasteiger partial charge in [0.2, 0.25) is 0 Å². The van der Waals surface area contributed by atoms with E-state index in [1.807, 2.05) is 31.3 Å². The van der Waals surface area contributed by atoms with Crippen LogP contribution in [0.2, 0.25) is 0 Å². The summed E-state index contributed by atoms with van der Waals surface area (Å²) in [4.78, 5) is 20.2. The number of amides is 1. The third-order valence-corrected chi connectivity index (χ3v) is 3.76. The summed E-state index contributed by atoms with van der Waals surface area (Å²) in [6, 6.07) is 10.3. The van der Waals surface area contributed by atoms with Crippen LogP contribution in [0.3, 0.4) is 0 Å².